The molecule has 0 aromatic carbocycles. The maximum Gasteiger partial charge on any atom is 0.241 e. The van der Waals surface area contributed by atoms with Crippen molar-refractivity contribution >= 4 is 17.7 Å². The van der Waals surface area contributed by atoms with Crippen LogP contribution in [0, 0.1) is 6.92 Å². The molecular weight excluding hydrogens is 206 g/mol. The van der Waals surface area contributed by atoms with Crippen molar-refractivity contribution in [3.05, 3.63) is 11.8 Å². The number of hydrogen-bond acceptors (Lipinski definition) is 5. The van der Waals surface area contributed by atoms with E-state index in [4.69, 9.17) is 0 Å². The Labute approximate surface area is 95.1 Å². The Morgan fingerprint density at radius 2 is 2.12 bits per heavy atom. The first-order valence-corrected chi connectivity index (χ1v) is 5.00. The number of likely N-dealkylation sites (N-methyl/N-ethyl adjacent to an activating group) is 1. The van der Waals surface area contributed by atoms with Gasteiger partial charge >= 0.3 is 0 Å². The van der Waals surface area contributed by atoms with Crippen LogP contribution in [0.3, 0.4) is 0 Å². The molecule has 0 saturated heterocycles. The molecule has 0 atom stereocenters. The molecule has 0 aliphatic rings. The van der Waals surface area contributed by atoms with Crippen molar-refractivity contribution in [3.8, 4) is 0 Å². The van der Waals surface area contributed by atoms with Crippen LogP contribution in [-0.4, -0.2) is 48.5 Å². The molecule has 2 N–H and O–H groups in total. The Hall–Kier alpha value is -1.85. The second-order valence-electron chi connectivity index (χ2n) is 3.61. The van der Waals surface area contributed by atoms with Gasteiger partial charge in [0.15, 0.2) is 0 Å². The summed E-state index contributed by atoms with van der Waals surface area (Å²) in [5.41, 5.74) is 0.846. The van der Waals surface area contributed by atoms with Crippen LogP contribution >= 0.6 is 0 Å². The van der Waals surface area contributed by atoms with E-state index in [0.717, 1.165) is 5.69 Å². The van der Waals surface area contributed by atoms with E-state index >= 15 is 0 Å². The fourth-order valence-electron chi connectivity index (χ4n) is 1.10. The van der Waals surface area contributed by atoms with Gasteiger partial charge in [0.25, 0.3) is 0 Å². The fourth-order valence-corrected chi connectivity index (χ4v) is 1.10. The Balaban J connectivity index is 2.67. The van der Waals surface area contributed by atoms with Gasteiger partial charge in [-0.15, -0.1) is 0 Å². The largest absolute Gasteiger partial charge is 0.361 e. The number of anilines is 2. The predicted molar refractivity (Wildman–Crippen MR) is 63.5 cm³/mol. The summed E-state index contributed by atoms with van der Waals surface area (Å²) in [7, 11) is 5.19. The van der Waals surface area contributed by atoms with Gasteiger partial charge in [-0.1, -0.05) is 0 Å². The fraction of sp³-hybridized carbons (Fsp3) is 0.500. The minimum absolute atomic E-state index is 0.00210. The zero-order chi connectivity index (χ0) is 12.1. The van der Waals surface area contributed by atoms with Crippen LogP contribution in [0.1, 0.15) is 5.69 Å². The van der Waals surface area contributed by atoms with Crippen LogP contribution in [0.25, 0.3) is 0 Å². The number of hydrogen-bond donors (Lipinski definition) is 2. The molecule has 1 rings (SSSR count). The van der Waals surface area contributed by atoms with Gasteiger partial charge < -0.3 is 15.5 Å². The van der Waals surface area contributed by atoms with Gasteiger partial charge in [-0.05, 0) is 6.92 Å². The van der Waals surface area contributed by atoms with Gasteiger partial charge in [0.2, 0.25) is 11.9 Å². The van der Waals surface area contributed by atoms with Gasteiger partial charge in [-0.2, -0.15) is 4.98 Å². The number of carbonyl (C=O) groups excluding carboxylic acids is 1. The van der Waals surface area contributed by atoms with Crippen LogP contribution in [0.5, 0.6) is 0 Å². The summed E-state index contributed by atoms with van der Waals surface area (Å²) in [5.74, 6) is 1.19. The van der Waals surface area contributed by atoms with E-state index < -0.39 is 0 Å². The first-order chi connectivity index (χ1) is 7.52. The maximum absolute atomic E-state index is 11.4. The van der Waals surface area contributed by atoms with E-state index in [1.165, 1.54) is 4.90 Å². The van der Waals surface area contributed by atoms with Crippen LogP contribution in [0.4, 0.5) is 11.8 Å². The summed E-state index contributed by atoms with van der Waals surface area (Å²) in [5, 5.41) is 5.82. The number of aryl methyl sites for hydroxylation is 1. The first-order valence-electron chi connectivity index (χ1n) is 5.00. The number of aromatic nitrogens is 2. The van der Waals surface area contributed by atoms with Crippen molar-refractivity contribution in [2.45, 2.75) is 6.92 Å². The van der Waals surface area contributed by atoms with Crippen LogP contribution in [-0.2, 0) is 4.79 Å². The smallest absolute Gasteiger partial charge is 0.241 e. The van der Waals surface area contributed by atoms with Crippen molar-refractivity contribution in [1.29, 1.82) is 0 Å². The lowest BCUT2D eigenvalue weighted by Crippen LogP contribution is -2.28. The average Bonchev–Trinajstić information content (AvgIpc) is 2.24. The molecule has 0 fully saturated rings. The van der Waals surface area contributed by atoms with E-state index in [1.807, 2.05) is 6.92 Å². The van der Waals surface area contributed by atoms with E-state index in [2.05, 4.69) is 20.6 Å². The molecule has 1 aromatic rings. The molecule has 6 heteroatoms. The minimum atomic E-state index is 0.00210. The Morgan fingerprint density at radius 1 is 1.44 bits per heavy atom. The highest BCUT2D eigenvalue weighted by atomic mass is 16.2. The summed E-state index contributed by atoms with van der Waals surface area (Å²) < 4.78 is 0. The van der Waals surface area contributed by atoms with Crippen LogP contribution in [0.15, 0.2) is 6.07 Å². The number of nitrogens with zero attached hydrogens (tertiary/aromatic N) is 3. The summed E-state index contributed by atoms with van der Waals surface area (Å²) in [6.45, 7) is 2.11. The molecular formula is C10H17N5O. The quantitative estimate of drug-likeness (QED) is 0.769. The molecule has 0 spiro atoms. The zero-order valence-electron chi connectivity index (χ0n) is 10.0. The molecule has 88 valence electrons. The average molecular weight is 223 g/mol. The van der Waals surface area contributed by atoms with Gasteiger partial charge in [0, 0.05) is 32.9 Å². The SMILES string of the molecule is CNc1nc(C)cc(NCC(=O)N(C)C)n1. The topological polar surface area (TPSA) is 70.2 Å². The van der Waals surface area contributed by atoms with Gasteiger partial charge in [0.05, 0.1) is 6.54 Å². The molecule has 6 nitrogen and oxygen atoms in total. The molecule has 0 bridgehead atoms. The van der Waals surface area contributed by atoms with Gasteiger partial charge in [0.1, 0.15) is 5.82 Å². The van der Waals surface area contributed by atoms with Gasteiger partial charge in [-0.25, -0.2) is 4.98 Å². The highest BCUT2D eigenvalue weighted by molar-refractivity contribution is 5.80. The number of amides is 1. The number of carbonyl (C=O) groups is 1. The van der Waals surface area contributed by atoms with Crippen LogP contribution < -0.4 is 10.6 Å². The normalized spacial score (nSPS) is 9.75. The molecule has 1 heterocycles. The highest BCUT2D eigenvalue weighted by Gasteiger charge is 2.05. The van der Waals surface area contributed by atoms with Crippen molar-refractivity contribution < 1.29 is 4.79 Å². The zero-order valence-corrected chi connectivity index (χ0v) is 10.0. The minimum Gasteiger partial charge on any atom is -0.361 e. The molecule has 0 radical (unpaired) electrons. The summed E-state index contributed by atoms with van der Waals surface area (Å²) in [6, 6.07) is 1.80. The van der Waals surface area contributed by atoms with E-state index in [-0.39, 0.29) is 12.5 Å². The van der Waals surface area contributed by atoms with E-state index in [1.54, 1.807) is 27.2 Å². The van der Waals surface area contributed by atoms with Crippen molar-refractivity contribution in [3.63, 3.8) is 0 Å². The number of nitrogens with one attached hydrogen (secondary N) is 2. The Kier molecular flexibility index (Phi) is 4.04. The lowest BCUT2D eigenvalue weighted by atomic mass is 10.4. The summed E-state index contributed by atoms with van der Waals surface area (Å²) >= 11 is 0. The summed E-state index contributed by atoms with van der Waals surface area (Å²) in [4.78, 5) is 21.2. The molecule has 16 heavy (non-hydrogen) atoms. The van der Waals surface area contributed by atoms with Crippen molar-refractivity contribution in [2.24, 2.45) is 0 Å². The van der Waals surface area contributed by atoms with Crippen molar-refractivity contribution in [2.75, 3.05) is 38.3 Å². The van der Waals surface area contributed by atoms with E-state index in [0.29, 0.717) is 11.8 Å². The predicted octanol–water partition coefficient (Wildman–Crippen LogP) is 0.327. The van der Waals surface area contributed by atoms with Gasteiger partial charge in [-0.3, -0.25) is 4.79 Å². The molecule has 0 aliphatic heterocycles. The lowest BCUT2D eigenvalue weighted by molar-refractivity contribution is -0.126. The maximum atomic E-state index is 11.4. The lowest BCUT2D eigenvalue weighted by Gasteiger charge is -2.12. The third-order valence-corrected chi connectivity index (χ3v) is 2.00. The highest BCUT2D eigenvalue weighted by Crippen LogP contribution is 2.08. The van der Waals surface area contributed by atoms with E-state index in [9.17, 15) is 4.79 Å². The Bertz CT molecular complexity index is 377. The molecule has 0 unspecified atom stereocenters. The Morgan fingerprint density at radius 3 is 2.69 bits per heavy atom. The molecule has 1 aromatic heterocycles. The standard InChI is InChI=1S/C10H17N5O/c1-7-5-8(14-10(11-2)13-7)12-6-9(16)15(3)4/h5H,6H2,1-4H3,(H2,11,12,13,14). The molecule has 0 aliphatic carbocycles. The third-order valence-electron chi connectivity index (χ3n) is 2.00. The number of rotatable bonds is 4. The van der Waals surface area contributed by atoms with Crippen LogP contribution in [0.2, 0.25) is 0 Å². The first kappa shape index (κ1) is 12.2. The molecule has 0 saturated carbocycles. The second-order valence-corrected chi connectivity index (χ2v) is 3.61. The third kappa shape index (κ3) is 3.38. The second kappa shape index (κ2) is 5.29. The van der Waals surface area contributed by atoms with Crippen molar-refractivity contribution in [1.82, 2.24) is 14.9 Å². The monoisotopic (exact) mass is 223 g/mol. The summed E-state index contributed by atoms with van der Waals surface area (Å²) in [6.07, 6.45) is 0. The molecule has 1 amide bonds.